The average molecular weight is 376 g/mol. The Balaban J connectivity index is 1.42. The number of carbonyl (C=O) groups excluding carboxylic acids is 1. The van der Waals surface area contributed by atoms with Gasteiger partial charge in [0.25, 0.3) is 5.91 Å². The van der Waals surface area contributed by atoms with Gasteiger partial charge >= 0.3 is 6.18 Å². The topological polar surface area (TPSA) is 75.4 Å². The quantitative estimate of drug-likeness (QED) is 0.758. The van der Waals surface area contributed by atoms with Gasteiger partial charge in [-0.2, -0.15) is 13.2 Å². The maximum Gasteiger partial charge on any atom is 0.416 e. The third-order valence-corrected chi connectivity index (χ3v) is 4.49. The van der Waals surface area contributed by atoms with Gasteiger partial charge in [0, 0.05) is 37.1 Å². The molecule has 0 radical (unpaired) electrons. The molecule has 7 nitrogen and oxygen atoms in total. The van der Waals surface area contributed by atoms with Crippen molar-refractivity contribution in [1.29, 1.82) is 0 Å². The van der Waals surface area contributed by atoms with Crippen LogP contribution < -0.4 is 10.2 Å². The summed E-state index contributed by atoms with van der Waals surface area (Å²) in [6.07, 6.45) is 1.26. The molecule has 3 heterocycles. The highest BCUT2D eigenvalue weighted by atomic mass is 19.4. The molecule has 0 spiro atoms. The van der Waals surface area contributed by atoms with E-state index in [1.807, 2.05) is 4.90 Å². The lowest BCUT2D eigenvalue weighted by molar-refractivity contribution is -0.137. The molecule has 1 fully saturated rings. The molecule has 1 aromatic carbocycles. The molecular weight excluding hydrogens is 361 g/mol. The molecule has 0 saturated carbocycles. The average Bonchev–Trinajstić information content (AvgIpc) is 3.30. The third kappa shape index (κ3) is 3.42. The summed E-state index contributed by atoms with van der Waals surface area (Å²) < 4.78 is 39.6. The van der Waals surface area contributed by atoms with Crippen LogP contribution in [-0.4, -0.2) is 44.6 Å². The Labute approximate surface area is 151 Å². The van der Waals surface area contributed by atoms with Gasteiger partial charge in [0.2, 0.25) is 5.65 Å². The van der Waals surface area contributed by atoms with E-state index < -0.39 is 17.6 Å². The van der Waals surface area contributed by atoms with E-state index in [9.17, 15) is 18.0 Å². The summed E-state index contributed by atoms with van der Waals surface area (Å²) in [6.45, 7) is 1.21. The number of amides is 1. The van der Waals surface area contributed by atoms with E-state index in [-0.39, 0.29) is 11.6 Å². The maximum absolute atomic E-state index is 12.6. The van der Waals surface area contributed by atoms with Gasteiger partial charge in [-0.3, -0.25) is 9.20 Å². The van der Waals surface area contributed by atoms with Crippen LogP contribution in [0.5, 0.6) is 0 Å². The van der Waals surface area contributed by atoms with Gasteiger partial charge in [-0.1, -0.05) is 0 Å². The van der Waals surface area contributed by atoms with E-state index in [0.29, 0.717) is 31.0 Å². The van der Waals surface area contributed by atoms with Crippen LogP contribution in [0.2, 0.25) is 0 Å². The minimum absolute atomic E-state index is 0.134. The Bertz CT molecular complexity index is 969. The highest BCUT2D eigenvalue weighted by Gasteiger charge is 2.31. The summed E-state index contributed by atoms with van der Waals surface area (Å²) in [4.78, 5) is 18.7. The van der Waals surface area contributed by atoms with Gasteiger partial charge in [0.15, 0.2) is 5.82 Å². The van der Waals surface area contributed by atoms with Crippen molar-refractivity contribution in [1.82, 2.24) is 24.9 Å². The highest BCUT2D eigenvalue weighted by molar-refractivity contribution is 5.94. The van der Waals surface area contributed by atoms with Gasteiger partial charge < -0.3 is 10.2 Å². The fourth-order valence-electron chi connectivity index (χ4n) is 3.12. The molecule has 0 aliphatic carbocycles. The first-order valence-corrected chi connectivity index (χ1v) is 8.29. The van der Waals surface area contributed by atoms with Crippen LogP contribution in [0, 0.1) is 0 Å². The standard InChI is InChI=1S/C17H15F3N6O/c18-17(19,20)12-3-1-11(2-4-12)16(27)23-13-5-7-25(9-13)14-15-24-22-10-26(15)8-6-21-14/h1-4,6,8,10,13H,5,7,9H2,(H,23,27)/t13-/m0/s1. The molecule has 1 saturated heterocycles. The second-order valence-electron chi connectivity index (χ2n) is 6.29. The van der Waals surface area contributed by atoms with E-state index in [1.165, 1.54) is 12.1 Å². The minimum atomic E-state index is -4.42. The number of fused-ring (bicyclic) bond motifs is 1. The second kappa shape index (κ2) is 6.53. The molecule has 140 valence electrons. The van der Waals surface area contributed by atoms with Crippen LogP contribution >= 0.6 is 0 Å². The maximum atomic E-state index is 12.6. The Morgan fingerprint density at radius 1 is 1.22 bits per heavy atom. The van der Waals surface area contributed by atoms with Crippen molar-refractivity contribution >= 4 is 17.4 Å². The summed E-state index contributed by atoms with van der Waals surface area (Å²) >= 11 is 0. The number of aromatic nitrogens is 4. The zero-order valence-corrected chi connectivity index (χ0v) is 14.0. The van der Waals surface area contributed by atoms with Gasteiger partial charge in [0.05, 0.1) is 5.56 Å². The van der Waals surface area contributed by atoms with Gasteiger partial charge in [-0.15, -0.1) is 10.2 Å². The number of hydrogen-bond acceptors (Lipinski definition) is 5. The van der Waals surface area contributed by atoms with Gasteiger partial charge in [-0.25, -0.2) is 4.98 Å². The summed E-state index contributed by atoms with van der Waals surface area (Å²) in [5.41, 5.74) is 0.0462. The summed E-state index contributed by atoms with van der Waals surface area (Å²) in [6, 6.07) is 4.05. The van der Waals surface area contributed by atoms with Gasteiger partial charge in [0.1, 0.15) is 6.33 Å². The number of nitrogens with one attached hydrogen (secondary N) is 1. The van der Waals surface area contributed by atoms with Crippen molar-refractivity contribution in [3.8, 4) is 0 Å². The molecule has 0 unspecified atom stereocenters. The zero-order chi connectivity index (χ0) is 19.0. The fraction of sp³-hybridized carbons (Fsp3) is 0.294. The van der Waals surface area contributed by atoms with Crippen molar-refractivity contribution in [2.45, 2.75) is 18.6 Å². The van der Waals surface area contributed by atoms with E-state index in [0.717, 1.165) is 12.1 Å². The Morgan fingerprint density at radius 2 is 2.00 bits per heavy atom. The molecule has 1 N–H and O–H groups in total. The number of anilines is 1. The van der Waals surface area contributed by atoms with E-state index in [2.05, 4.69) is 20.5 Å². The summed E-state index contributed by atoms with van der Waals surface area (Å²) in [5, 5.41) is 10.8. The van der Waals surface area contributed by atoms with Gasteiger partial charge in [-0.05, 0) is 30.7 Å². The normalized spacial score (nSPS) is 17.4. The van der Waals surface area contributed by atoms with Crippen LogP contribution in [0.25, 0.3) is 5.65 Å². The molecule has 3 aromatic rings. The third-order valence-electron chi connectivity index (χ3n) is 4.49. The summed E-state index contributed by atoms with van der Waals surface area (Å²) in [7, 11) is 0. The smallest absolute Gasteiger partial charge is 0.351 e. The second-order valence-corrected chi connectivity index (χ2v) is 6.29. The van der Waals surface area contributed by atoms with Crippen molar-refractivity contribution in [2.75, 3.05) is 18.0 Å². The fourth-order valence-corrected chi connectivity index (χ4v) is 3.12. The number of halogens is 3. The van der Waals surface area contributed by atoms with Crippen LogP contribution in [0.3, 0.4) is 0 Å². The first kappa shape index (κ1) is 17.3. The van der Waals surface area contributed by atoms with E-state index >= 15 is 0 Å². The number of hydrogen-bond donors (Lipinski definition) is 1. The van der Waals surface area contributed by atoms with E-state index in [4.69, 9.17) is 0 Å². The molecule has 4 rings (SSSR count). The molecule has 1 atom stereocenters. The molecular formula is C17H15F3N6O. The predicted octanol–water partition coefficient (Wildman–Crippen LogP) is 2.15. The molecule has 1 aliphatic heterocycles. The predicted molar refractivity (Wildman–Crippen MR) is 90.3 cm³/mol. The molecule has 27 heavy (non-hydrogen) atoms. The molecule has 0 bridgehead atoms. The lowest BCUT2D eigenvalue weighted by atomic mass is 10.1. The highest BCUT2D eigenvalue weighted by Crippen LogP contribution is 2.29. The number of rotatable bonds is 3. The zero-order valence-electron chi connectivity index (χ0n) is 14.0. The largest absolute Gasteiger partial charge is 0.416 e. The molecule has 10 heteroatoms. The number of nitrogens with zero attached hydrogens (tertiary/aromatic N) is 5. The number of alkyl halides is 3. The molecule has 2 aromatic heterocycles. The Morgan fingerprint density at radius 3 is 2.74 bits per heavy atom. The number of carbonyl (C=O) groups is 1. The lowest BCUT2D eigenvalue weighted by Gasteiger charge is -2.18. The summed E-state index contributed by atoms with van der Waals surface area (Å²) in [5.74, 6) is 0.283. The van der Waals surface area contributed by atoms with Crippen LogP contribution in [0.1, 0.15) is 22.3 Å². The first-order valence-electron chi connectivity index (χ1n) is 8.29. The molecule has 1 amide bonds. The van der Waals surface area contributed by atoms with Crippen LogP contribution in [-0.2, 0) is 6.18 Å². The SMILES string of the molecule is O=C(N[C@H]1CCN(c2nccn3cnnc23)C1)c1ccc(C(F)(F)F)cc1. The lowest BCUT2D eigenvalue weighted by Crippen LogP contribution is -2.37. The minimum Gasteiger partial charge on any atom is -0.351 e. The van der Waals surface area contributed by atoms with Crippen LogP contribution in [0.15, 0.2) is 43.0 Å². The monoisotopic (exact) mass is 376 g/mol. The van der Waals surface area contributed by atoms with Crippen molar-refractivity contribution in [3.05, 3.63) is 54.1 Å². The number of benzene rings is 1. The van der Waals surface area contributed by atoms with Crippen molar-refractivity contribution in [2.24, 2.45) is 0 Å². The van der Waals surface area contributed by atoms with Crippen molar-refractivity contribution < 1.29 is 18.0 Å². The van der Waals surface area contributed by atoms with E-state index in [1.54, 1.807) is 23.1 Å². The molecule has 1 aliphatic rings. The Hall–Kier alpha value is -3.17. The van der Waals surface area contributed by atoms with Crippen LogP contribution in [0.4, 0.5) is 19.0 Å². The van der Waals surface area contributed by atoms with Crippen molar-refractivity contribution in [3.63, 3.8) is 0 Å². The Kier molecular flexibility index (Phi) is 4.17. The first-order chi connectivity index (χ1) is 12.9.